The third-order valence-corrected chi connectivity index (χ3v) is 15.9. The van der Waals surface area contributed by atoms with E-state index in [4.69, 9.17) is 24.4 Å². The molecule has 29 heteroatoms. The van der Waals surface area contributed by atoms with Crippen molar-refractivity contribution in [3.63, 3.8) is 0 Å². The molecule has 6 N–H and O–H groups in total. The van der Waals surface area contributed by atoms with E-state index in [-0.39, 0.29) is 128 Å². The first-order valence-electron chi connectivity index (χ1n) is 29.2. The minimum Gasteiger partial charge on any atom is -0.480 e. The summed E-state index contributed by atoms with van der Waals surface area (Å²) < 4.78 is 5.90. The number of fused-ring (bicyclic) bond motifs is 9. The number of aryl methyl sites for hydroxylation is 2. The molecule has 0 saturated carbocycles. The molecule has 1 aliphatic carbocycles. The van der Waals surface area contributed by atoms with E-state index in [2.05, 4.69) is 14.8 Å². The molecule has 7 aromatic rings. The Bertz CT molecular complexity index is 3650. The van der Waals surface area contributed by atoms with Crippen molar-refractivity contribution < 1.29 is 141 Å². The Kier molecular flexibility index (Phi) is 27.1. The fourth-order valence-corrected chi connectivity index (χ4v) is 11.4. The van der Waals surface area contributed by atoms with Gasteiger partial charge < -0.3 is 35.1 Å². The Hall–Kier alpha value is -5.71. The van der Waals surface area contributed by atoms with Crippen molar-refractivity contribution in [2.24, 2.45) is 0 Å². The van der Waals surface area contributed by atoms with Crippen LogP contribution in [0.15, 0.2) is 76.1 Å². The van der Waals surface area contributed by atoms with Crippen LogP contribution in [0.25, 0.3) is 54.9 Å². The van der Waals surface area contributed by atoms with Crippen molar-refractivity contribution in [3.8, 4) is 0 Å². The van der Waals surface area contributed by atoms with Gasteiger partial charge in [0.2, 0.25) is 11.1 Å². The van der Waals surface area contributed by atoms with Crippen molar-refractivity contribution in [1.29, 1.82) is 0 Å². The van der Waals surface area contributed by atoms with Crippen molar-refractivity contribution in [2.75, 3.05) is 144 Å². The second-order valence-electron chi connectivity index (χ2n) is 22.3. The molecule has 2 radical (unpaired) electrons. The predicted octanol–water partition coefficient (Wildman–Crippen LogP) is 1.90. The van der Waals surface area contributed by atoms with Crippen LogP contribution in [0.3, 0.4) is 0 Å². The molecule has 480 valence electrons. The second-order valence-corrected chi connectivity index (χ2v) is 22.3. The van der Waals surface area contributed by atoms with Crippen LogP contribution in [0.4, 0.5) is 0 Å². The number of benzene rings is 2. The number of carboxylic acid groups (broad SMARTS) is 6. The van der Waals surface area contributed by atoms with Crippen LogP contribution in [-0.2, 0) is 54.7 Å². The van der Waals surface area contributed by atoms with Crippen LogP contribution < -0.4 is 5.43 Å². The van der Waals surface area contributed by atoms with Gasteiger partial charge in [0.1, 0.15) is 5.58 Å². The molecule has 5 aromatic heterocycles. The van der Waals surface area contributed by atoms with Gasteiger partial charge in [0.15, 0.2) is 0 Å². The molecule has 0 amide bonds. The molecule has 27 nitrogen and oxygen atoms in total. The summed E-state index contributed by atoms with van der Waals surface area (Å²) in [4.78, 5) is 121. The Labute approximate surface area is 573 Å². The first kappa shape index (κ1) is 70.7. The van der Waals surface area contributed by atoms with E-state index in [0.717, 1.165) is 75.6 Å². The summed E-state index contributed by atoms with van der Waals surface area (Å²) in [5.74, 6) is -5.84. The quantitative estimate of drug-likeness (QED) is 0.0594. The molecule has 2 saturated heterocycles. The van der Waals surface area contributed by atoms with Gasteiger partial charge in [-0.1, -0.05) is 12.1 Å². The van der Waals surface area contributed by atoms with E-state index in [1.165, 1.54) is 0 Å². The van der Waals surface area contributed by atoms with E-state index in [1.54, 1.807) is 62.2 Å². The number of para-hydroxylation sites is 1. The van der Waals surface area contributed by atoms with Gasteiger partial charge in [0.05, 0.1) is 94.9 Å². The van der Waals surface area contributed by atoms with E-state index in [9.17, 15) is 64.2 Å². The first-order valence-corrected chi connectivity index (χ1v) is 29.2. The average Bonchev–Trinajstić information content (AvgIpc) is 1.58. The SMILES string of the molecule is O=C(O)CN1CCN(CC(=O)O)CCN(Cc2ccc3c(=O)c4ccccc4oc3n2)CCN(CC(=O)O)CC1.O=C(O)CN1CCN(CC(=O)O)CCN(Cc2ccc3c(n2)c2ncccc2c2nc4c(nc32)CCCC4)CCN(CC(=O)O)CC1.[Tb].[Tb]. The number of aliphatic carboxylic acids is 6. The van der Waals surface area contributed by atoms with E-state index in [1.807, 2.05) is 34.1 Å². The summed E-state index contributed by atoms with van der Waals surface area (Å²) >= 11 is 0. The van der Waals surface area contributed by atoms with E-state index >= 15 is 0 Å². The number of pyridine rings is 3. The number of hydrogen-bond donors (Lipinski definition) is 6. The number of carbonyl (C=O) groups is 6. The standard InChI is InChI=1S/C33H40N8O6.C27H33N5O8.2Tb/c42-27(43)19-39-12-10-38(11-13-40(20-28(44)45)15-17-41(16-14-39)21-29(46)47)18-22-7-8-24-31(35-22)30-23(4-3-9-34-30)32-33(24)37-26-6-2-1-5-25(26)36-32;33-23(34)16-30-9-7-29(8-10-31(17-24(35)36)12-14-32(13-11-30)18-25(37)38)15-19-5-6-21-26(39)20-3-1-2-4-22(20)40-27(21)28-19;;/h3-4,7-9H,1-2,5-6,10-21H2,(H,42,43)(H,44,45)(H,46,47);1-6H,7-18H2,(H,33,34)(H,35,36)(H,37,38);;. The molecule has 89 heavy (non-hydrogen) atoms. The number of hydrogen-bond acceptors (Lipinski definition) is 21. The molecule has 10 rings (SSSR count). The van der Waals surface area contributed by atoms with Crippen LogP contribution in [0, 0.1) is 77.2 Å². The summed E-state index contributed by atoms with van der Waals surface area (Å²) in [5, 5.41) is 59.3. The maximum atomic E-state index is 12.9. The summed E-state index contributed by atoms with van der Waals surface area (Å²) in [6, 6.07) is 18.4. The predicted molar refractivity (Wildman–Crippen MR) is 320 cm³/mol. The van der Waals surface area contributed by atoms with Gasteiger partial charge in [-0.2, -0.15) is 0 Å². The topological polar surface area (TPSA) is 344 Å². The third-order valence-electron chi connectivity index (χ3n) is 15.9. The Morgan fingerprint density at radius 3 is 1.12 bits per heavy atom. The zero-order valence-corrected chi connectivity index (χ0v) is 53.4. The van der Waals surface area contributed by atoms with Gasteiger partial charge in [-0.3, -0.25) is 77.7 Å². The molecule has 2 aliphatic heterocycles. The van der Waals surface area contributed by atoms with Crippen LogP contribution >= 0.6 is 0 Å². The molecule has 7 heterocycles. The molecule has 2 aromatic carbocycles. The van der Waals surface area contributed by atoms with Crippen molar-refractivity contribution in [3.05, 3.63) is 99.9 Å². The van der Waals surface area contributed by atoms with Crippen molar-refractivity contribution in [1.82, 2.24) is 64.1 Å². The number of nitrogens with zero attached hydrogens (tertiary/aromatic N) is 13. The van der Waals surface area contributed by atoms with Crippen LogP contribution in [0.1, 0.15) is 35.6 Å². The maximum absolute atomic E-state index is 12.9. The van der Waals surface area contributed by atoms with Crippen LogP contribution in [0.2, 0.25) is 0 Å². The number of carboxylic acids is 6. The summed E-state index contributed by atoms with van der Waals surface area (Å²) in [6.45, 7) is 6.18. The largest absolute Gasteiger partial charge is 0.480 e. The molecule has 2 fully saturated rings. The summed E-state index contributed by atoms with van der Waals surface area (Å²) in [7, 11) is 0. The monoisotopic (exact) mass is 1520 g/mol. The minimum atomic E-state index is -1.00. The fourth-order valence-electron chi connectivity index (χ4n) is 11.4. The normalized spacial score (nSPS) is 17.4. The zero-order chi connectivity index (χ0) is 61.6. The average molecular weight is 1520 g/mol. The van der Waals surface area contributed by atoms with E-state index < -0.39 is 35.8 Å². The Morgan fingerprint density at radius 1 is 0.382 bits per heavy atom. The molecule has 0 spiro atoms. The second kappa shape index (κ2) is 34.1. The number of aromatic nitrogens is 5. The Morgan fingerprint density at radius 2 is 0.719 bits per heavy atom. The fraction of sp³-hybridized carbons (Fsp3) is 0.467. The molecular formula is C60H73N13O14Tb2. The van der Waals surface area contributed by atoms with E-state index in [0.29, 0.717) is 140 Å². The van der Waals surface area contributed by atoms with Gasteiger partial charge >= 0.3 is 35.8 Å². The smallest absolute Gasteiger partial charge is 0.317 e. The van der Waals surface area contributed by atoms with Gasteiger partial charge in [-0.05, 0) is 74.2 Å². The first-order chi connectivity index (χ1) is 41.9. The number of rotatable bonds is 16. The summed E-state index contributed by atoms with van der Waals surface area (Å²) in [6.07, 6.45) is 5.83. The molecule has 0 bridgehead atoms. The maximum Gasteiger partial charge on any atom is 0.317 e. The van der Waals surface area contributed by atoms with Gasteiger partial charge in [0.25, 0.3) is 0 Å². The Balaban J connectivity index is 0.000000251. The van der Waals surface area contributed by atoms with Gasteiger partial charge in [-0.25, -0.2) is 19.9 Å². The molecule has 0 unspecified atom stereocenters. The van der Waals surface area contributed by atoms with Gasteiger partial charge in [-0.15, -0.1) is 0 Å². The van der Waals surface area contributed by atoms with Crippen LogP contribution in [-0.4, -0.2) is 275 Å². The molecule has 3 aliphatic rings. The summed E-state index contributed by atoms with van der Waals surface area (Å²) in [5.41, 5.74) is 7.30. The minimum absolute atomic E-state index is 0. The molecule has 0 atom stereocenters. The van der Waals surface area contributed by atoms with Crippen LogP contribution in [0.5, 0.6) is 0 Å². The zero-order valence-electron chi connectivity index (χ0n) is 49.1. The third kappa shape index (κ3) is 20.4. The van der Waals surface area contributed by atoms with Crippen molar-refractivity contribution in [2.45, 2.75) is 38.8 Å². The van der Waals surface area contributed by atoms with Gasteiger partial charge in [0, 0.05) is 212 Å². The molecular weight excluding hydrogens is 1440 g/mol. The van der Waals surface area contributed by atoms with Crippen molar-refractivity contribution >= 4 is 90.7 Å².